The standard InChI is InChI=1S/C15H10IN3O3/c16-11-1-3-12(4-2-11)19-15(21)13(14(20)17-19)9-10-5-7-18(22)8-6-10/h1-9H,(H,17,20)/b13-9-. The number of hydrogen-bond acceptors (Lipinski definition) is 3. The lowest BCUT2D eigenvalue weighted by Gasteiger charge is -2.14. The van der Waals surface area contributed by atoms with Gasteiger partial charge < -0.3 is 5.21 Å². The molecule has 22 heavy (non-hydrogen) atoms. The van der Waals surface area contributed by atoms with Crippen LogP contribution in [-0.4, -0.2) is 11.8 Å². The number of nitrogens with zero attached hydrogens (tertiary/aromatic N) is 2. The summed E-state index contributed by atoms with van der Waals surface area (Å²) in [6, 6.07) is 10.3. The zero-order valence-corrected chi connectivity index (χ0v) is 13.4. The van der Waals surface area contributed by atoms with E-state index >= 15 is 0 Å². The Kier molecular flexibility index (Phi) is 3.80. The Labute approximate surface area is 139 Å². The molecular formula is C15H10IN3O3. The van der Waals surface area contributed by atoms with Crippen LogP contribution in [0.4, 0.5) is 5.69 Å². The quantitative estimate of drug-likeness (QED) is 0.269. The maximum Gasteiger partial charge on any atom is 0.282 e. The molecule has 0 aliphatic carbocycles. The molecule has 0 spiro atoms. The van der Waals surface area contributed by atoms with E-state index in [-0.39, 0.29) is 5.57 Å². The number of amides is 2. The molecule has 2 heterocycles. The topological polar surface area (TPSA) is 76.4 Å². The fraction of sp³-hybridized carbons (Fsp3) is 0. The Morgan fingerprint density at radius 2 is 1.73 bits per heavy atom. The SMILES string of the molecule is O=C1NN(c2ccc(I)cc2)C(=O)/C1=C\c1cc[n+]([O-])cc1. The number of halogens is 1. The summed E-state index contributed by atoms with van der Waals surface area (Å²) in [5.41, 5.74) is 3.76. The molecule has 7 heteroatoms. The molecule has 1 aliphatic rings. The molecule has 6 nitrogen and oxygen atoms in total. The van der Waals surface area contributed by atoms with Gasteiger partial charge >= 0.3 is 0 Å². The molecule has 1 fully saturated rings. The lowest BCUT2D eigenvalue weighted by atomic mass is 10.1. The molecule has 0 bridgehead atoms. The van der Waals surface area contributed by atoms with E-state index in [9.17, 15) is 14.8 Å². The molecule has 1 saturated heterocycles. The van der Waals surface area contributed by atoms with Gasteiger partial charge in [-0.1, -0.05) is 0 Å². The van der Waals surface area contributed by atoms with Crippen molar-refractivity contribution in [2.75, 3.05) is 5.01 Å². The zero-order chi connectivity index (χ0) is 15.7. The molecule has 2 aromatic rings. The number of hydrazine groups is 1. The van der Waals surface area contributed by atoms with Crippen LogP contribution in [0.3, 0.4) is 0 Å². The average molecular weight is 407 g/mol. The Balaban J connectivity index is 1.91. The first-order valence-corrected chi connectivity index (χ1v) is 7.44. The first-order chi connectivity index (χ1) is 10.5. The molecule has 1 aliphatic heterocycles. The predicted molar refractivity (Wildman–Crippen MR) is 88.2 cm³/mol. The van der Waals surface area contributed by atoms with Crippen molar-refractivity contribution in [3.63, 3.8) is 0 Å². The van der Waals surface area contributed by atoms with Crippen molar-refractivity contribution in [1.82, 2.24) is 5.43 Å². The molecule has 0 unspecified atom stereocenters. The summed E-state index contributed by atoms with van der Waals surface area (Å²) in [5.74, 6) is -0.896. The molecule has 110 valence electrons. The molecule has 0 saturated carbocycles. The molecule has 3 rings (SSSR count). The van der Waals surface area contributed by atoms with Crippen LogP contribution >= 0.6 is 22.6 Å². The van der Waals surface area contributed by atoms with Gasteiger partial charge in [0.15, 0.2) is 12.4 Å². The van der Waals surface area contributed by atoms with Crippen LogP contribution in [0.1, 0.15) is 5.56 Å². The summed E-state index contributed by atoms with van der Waals surface area (Å²) in [6.45, 7) is 0. The van der Waals surface area contributed by atoms with Gasteiger partial charge in [-0.3, -0.25) is 15.0 Å². The van der Waals surface area contributed by atoms with E-state index in [0.717, 1.165) is 3.57 Å². The van der Waals surface area contributed by atoms with E-state index in [4.69, 9.17) is 0 Å². The van der Waals surface area contributed by atoms with Crippen molar-refractivity contribution >= 4 is 46.2 Å². The largest absolute Gasteiger partial charge is 0.619 e. The zero-order valence-electron chi connectivity index (χ0n) is 11.2. The van der Waals surface area contributed by atoms with Gasteiger partial charge in [-0.05, 0) is 58.5 Å². The molecular weight excluding hydrogens is 397 g/mol. The fourth-order valence-electron chi connectivity index (χ4n) is 2.02. The van der Waals surface area contributed by atoms with Gasteiger partial charge in [0.2, 0.25) is 0 Å². The number of rotatable bonds is 2. The van der Waals surface area contributed by atoms with Crippen LogP contribution in [0.5, 0.6) is 0 Å². The minimum absolute atomic E-state index is 0.0298. The van der Waals surface area contributed by atoms with Gasteiger partial charge in [-0.25, -0.2) is 5.01 Å². The van der Waals surface area contributed by atoms with E-state index in [0.29, 0.717) is 16.0 Å². The number of aromatic nitrogens is 1. The van der Waals surface area contributed by atoms with Crippen LogP contribution in [0, 0.1) is 8.78 Å². The van der Waals surface area contributed by atoms with Crippen LogP contribution in [0.2, 0.25) is 0 Å². The fourth-order valence-corrected chi connectivity index (χ4v) is 2.38. The minimum Gasteiger partial charge on any atom is -0.619 e. The van der Waals surface area contributed by atoms with Gasteiger partial charge in [-0.15, -0.1) is 0 Å². The average Bonchev–Trinajstić information content (AvgIpc) is 2.78. The van der Waals surface area contributed by atoms with Crippen molar-refractivity contribution in [2.45, 2.75) is 0 Å². The normalized spacial score (nSPS) is 16.2. The lowest BCUT2D eigenvalue weighted by molar-refractivity contribution is -0.605. The van der Waals surface area contributed by atoms with E-state index in [1.165, 1.54) is 35.6 Å². The molecule has 0 atom stereocenters. The van der Waals surface area contributed by atoms with E-state index in [1.807, 2.05) is 12.1 Å². The molecule has 0 radical (unpaired) electrons. The van der Waals surface area contributed by atoms with Gasteiger partial charge in [-0.2, -0.15) is 4.73 Å². The van der Waals surface area contributed by atoms with Crippen LogP contribution in [0.25, 0.3) is 6.08 Å². The highest BCUT2D eigenvalue weighted by molar-refractivity contribution is 14.1. The van der Waals surface area contributed by atoms with Crippen molar-refractivity contribution in [2.24, 2.45) is 0 Å². The number of carbonyl (C=O) groups excluding carboxylic acids is 2. The molecule has 1 aromatic heterocycles. The summed E-state index contributed by atoms with van der Waals surface area (Å²) < 4.78 is 1.67. The summed E-state index contributed by atoms with van der Waals surface area (Å²) in [4.78, 5) is 24.4. The van der Waals surface area contributed by atoms with E-state index in [1.54, 1.807) is 12.1 Å². The van der Waals surface area contributed by atoms with Gasteiger partial charge in [0.25, 0.3) is 11.8 Å². The van der Waals surface area contributed by atoms with Crippen molar-refractivity contribution in [3.05, 3.63) is 68.7 Å². The van der Waals surface area contributed by atoms with E-state index in [2.05, 4.69) is 28.0 Å². The molecule has 1 aromatic carbocycles. The summed E-state index contributed by atoms with van der Waals surface area (Å²) in [7, 11) is 0. The van der Waals surface area contributed by atoms with Crippen LogP contribution in [0.15, 0.2) is 54.4 Å². The summed E-state index contributed by atoms with van der Waals surface area (Å²) in [5, 5.41) is 12.2. The van der Waals surface area contributed by atoms with Crippen molar-refractivity contribution < 1.29 is 14.3 Å². The molecule has 2 amide bonds. The number of carbonyl (C=O) groups is 2. The Bertz CT molecular complexity index is 770. The highest BCUT2D eigenvalue weighted by Gasteiger charge is 2.34. The first-order valence-electron chi connectivity index (χ1n) is 6.36. The predicted octanol–water partition coefficient (Wildman–Crippen LogP) is 1.39. The highest BCUT2D eigenvalue weighted by atomic mass is 127. The van der Waals surface area contributed by atoms with Crippen LogP contribution in [-0.2, 0) is 9.59 Å². The number of hydrogen-bond donors (Lipinski definition) is 1. The van der Waals surface area contributed by atoms with Gasteiger partial charge in [0.1, 0.15) is 5.57 Å². The smallest absolute Gasteiger partial charge is 0.282 e. The summed E-state index contributed by atoms with van der Waals surface area (Å²) in [6.07, 6.45) is 4.08. The number of nitrogens with one attached hydrogen (secondary N) is 1. The first kappa shape index (κ1) is 14.5. The number of anilines is 1. The molecule has 1 N–H and O–H groups in total. The third-order valence-corrected chi connectivity index (χ3v) is 3.83. The Morgan fingerprint density at radius 3 is 2.36 bits per heavy atom. The highest BCUT2D eigenvalue weighted by Crippen LogP contribution is 2.22. The van der Waals surface area contributed by atoms with Crippen molar-refractivity contribution in [1.29, 1.82) is 0 Å². The second kappa shape index (κ2) is 5.76. The minimum atomic E-state index is -0.470. The van der Waals surface area contributed by atoms with E-state index < -0.39 is 11.8 Å². The number of pyridine rings is 1. The van der Waals surface area contributed by atoms with Gasteiger partial charge in [0, 0.05) is 15.7 Å². The third-order valence-electron chi connectivity index (χ3n) is 3.12. The maximum atomic E-state index is 12.4. The Hall–Kier alpha value is -2.42. The maximum absolute atomic E-state index is 12.4. The third kappa shape index (κ3) is 2.80. The summed E-state index contributed by atoms with van der Waals surface area (Å²) >= 11 is 2.16. The van der Waals surface area contributed by atoms with Crippen LogP contribution < -0.4 is 15.2 Å². The number of benzene rings is 1. The monoisotopic (exact) mass is 407 g/mol. The second-order valence-electron chi connectivity index (χ2n) is 4.61. The Morgan fingerprint density at radius 1 is 1.09 bits per heavy atom. The van der Waals surface area contributed by atoms with Gasteiger partial charge in [0.05, 0.1) is 5.69 Å². The lowest BCUT2D eigenvalue weighted by Crippen LogP contribution is -2.35. The van der Waals surface area contributed by atoms with Crippen molar-refractivity contribution in [3.8, 4) is 0 Å². The second-order valence-corrected chi connectivity index (χ2v) is 5.85.